The lowest BCUT2D eigenvalue weighted by molar-refractivity contribution is 0.643. The summed E-state index contributed by atoms with van der Waals surface area (Å²) in [6, 6.07) is 12.4. The second kappa shape index (κ2) is 6.92. The zero-order valence-corrected chi connectivity index (χ0v) is 15.7. The van der Waals surface area contributed by atoms with Gasteiger partial charge in [-0.15, -0.1) is 0 Å². The quantitative estimate of drug-likeness (QED) is 0.552. The van der Waals surface area contributed by atoms with Gasteiger partial charge < -0.3 is 9.80 Å². The molecule has 140 valence electrons. The van der Waals surface area contributed by atoms with Crippen molar-refractivity contribution in [3.8, 4) is 11.1 Å². The van der Waals surface area contributed by atoms with Gasteiger partial charge in [-0.05, 0) is 29.8 Å². The molecule has 0 radical (unpaired) electrons. The molecular weight excluding hydrogens is 350 g/mol. The van der Waals surface area contributed by atoms with Crippen molar-refractivity contribution in [1.29, 1.82) is 0 Å². The van der Waals surface area contributed by atoms with Crippen LogP contribution in [0.5, 0.6) is 0 Å². The van der Waals surface area contributed by atoms with Crippen LogP contribution in [0.25, 0.3) is 22.0 Å². The zero-order chi connectivity index (χ0) is 18.9. The fourth-order valence-corrected chi connectivity index (χ4v) is 3.73. The van der Waals surface area contributed by atoms with Crippen molar-refractivity contribution >= 4 is 22.5 Å². The highest BCUT2D eigenvalue weighted by molar-refractivity contribution is 5.92. The van der Waals surface area contributed by atoms with Gasteiger partial charge in [0.15, 0.2) is 0 Å². The van der Waals surface area contributed by atoms with E-state index in [0.717, 1.165) is 59.8 Å². The first-order chi connectivity index (χ1) is 13.8. The van der Waals surface area contributed by atoms with Crippen molar-refractivity contribution in [2.24, 2.45) is 7.05 Å². The van der Waals surface area contributed by atoms with Crippen molar-refractivity contribution in [2.75, 3.05) is 36.0 Å². The number of benzene rings is 1. The number of piperazine rings is 1. The highest BCUT2D eigenvalue weighted by Gasteiger charge is 2.21. The molecule has 7 nitrogen and oxygen atoms in total. The lowest BCUT2D eigenvalue weighted by Gasteiger charge is -2.36. The summed E-state index contributed by atoms with van der Waals surface area (Å²) in [4.78, 5) is 18.2. The molecule has 1 fully saturated rings. The number of aryl methyl sites for hydroxylation is 1. The van der Waals surface area contributed by atoms with Crippen molar-refractivity contribution in [2.45, 2.75) is 0 Å². The van der Waals surface area contributed by atoms with Crippen molar-refractivity contribution < 1.29 is 0 Å². The van der Waals surface area contributed by atoms with Gasteiger partial charge in [-0.2, -0.15) is 5.10 Å². The molecule has 0 spiro atoms. The highest BCUT2D eigenvalue weighted by atomic mass is 15.3. The van der Waals surface area contributed by atoms with E-state index >= 15 is 0 Å². The molecule has 0 bridgehead atoms. The van der Waals surface area contributed by atoms with Crippen LogP contribution in [-0.2, 0) is 7.05 Å². The van der Waals surface area contributed by atoms with Gasteiger partial charge >= 0.3 is 0 Å². The summed E-state index contributed by atoms with van der Waals surface area (Å²) < 4.78 is 1.82. The first kappa shape index (κ1) is 16.7. The van der Waals surface area contributed by atoms with E-state index in [-0.39, 0.29) is 0 Å². The minimum Gasteiger partial charge on any atom is -0.353 e. The Morgan fingerprint density at radius 2 is 1.71 bits per heavy atom. The van der Waals surface area contributed by atoms with Crippen LogP contribution in [0.3, 0.4) is 0 Å². The number of hydrogen-bond donors (Lipinski definition) is 0. The first-order valence-corrected chi connectivity index (χ1v) is 9.43. The Labute approximate surface area is 163 Å². The van der Waals surface area contributed by atoms with E-state index in [0.29, 0.717) is 0 Å². The van der Waals surface area contributed by atoms with Gasteiger partial charge in [-0.3, -0.25) is 4.68 Å². The summed E-state index contributed by atoms with van der Waals surface area (Å²) in [5.74, 6) is 2.03. The van der Waals surface area contributed by atoms with Gasteiger partial charge in [0.05, 0.1) is 11.7 Å². The van der Waals surface area contributed by atoms with Gasteiger partial charge in [-0.1, -0.05) is 12.1 Å². The molecule has 5 rings (SSSR count). The van der Waals surface area contributed by atoms with Crippen LogP contribution < -0.4 is 9.80 Å². The van der Waals surface area contributed by atoms with Crippen LogP contribution in [-0.4, -0.2) is 50.9 Å². The van der Waals surface area contributed by atoms with Gasteiger partial charge in [0.2, 0.25) is 0 Å². The molecule has 7 heteroatoms. The Kier molecular flexibility index (Phi) is 4.12. The van der Waals surface area contributed by atoms with Crippen LogP contribution in [0.4, 0.5) is 11.6 Å². The van der Waals surface area contributed by atoms with E-state index in [9.17, 15) is 0 Å². The second-order valence-corrected chi connectivity index (χ2v) is 6.99. The Balaban J connectivity index is 1.44. The monoisotopic (exact) mass is 371 g/mol. The van der Waals surface area contributed by atoms with E-state index in [2.05, 4.69) is 54.1 Å². The molecule has 1 aliphatic rings. The van der Waals surface area contributed by atoms with Gasteiger partial charge in [-0.25, -0.2) is 15.0 Å². The lowest BCUT2D eigenvalue weighted by atomic mass is 10.1. The fourth-order valence-electron chi connectivity index (χ4n) is 3.73. The molecule has 1 aliphatic heterocycles. The van der Waals surface area contributed by atoms with Gasteiger partial charge in [0.25, 0.3) is 0 Å². The molecular formula is C21H21N7. The molecule has 4 heterocycles. The average Bonchev–Trinajstić information content (AvgIpc) is 3.20. The minimum atomic E-state index is 0.903. The maximum atomic E-state index is 4.63. The van der Waals surface area contributed by atoms with Crippen LogP contribution >= 0.6 is 0 Å². The van der Waals surface area contributed by atoms with Crippen molar-refractivity contribution in [3.05, 3.63) is 61.3 Å². The standard InChI is InChI=1S/C21H21N7/c1-26-14-17(13-25-26)16-5-6-19-18(12-16)21(24-15-23-19)28-10-8-27(9-11-28)20-4-2-3-7-22-20/h2-7,12-15H,8-11H2,1H3. The van der Waals surface area contributed by atoms with Crippen molar-refractivity contribution in [1.82, 2.24) is 24.7 Å². The molecule has 0 amide bonds. The smallest absolute Gasteiger partial charge is 0.140 e. The first-order valence-electron chi connectivity index (χ1n) is 9.43. The number of nitrogens with zero attached hydrogens (tertiary/aromatic N) is 7. The van der Waals surface area contributed by atoms with Crippen LogP contribution in [0, 0.1) is 0 Å². The predicted molar refractivity (Wildman–Crippen MR) is 110 cm³/mol. The van der Waals surface area contributed by atoms with E-state index in [1.165, 1.54) is 0 Å². The summed E-state index contributed by atoms with van der Waals surface area (Å²) in [7, 11) is 1.93. The van der Waals surface area contributed by atoms with Crippen LogP contribution in [0.2, 0.25) is 0 Å². The number of hydrogen-bond acceptors (Lipinski definition) is 6. The lowest BCUT2D eigenvalue weighted by Crippen LogP contribution is -2.47. The summed E-state index contributed by atoms with van der Waals surface area (Å²) in [6.45, 7) is 3.65. The topological polar surface area (TPSA) is 63.0 Å². The molecule has 0 unspecified atom stereocenters. The maximum absolute atomic E-state index is 4.63. The Morgan fingerprint density at radius 3 is 2.46 bits per heavy atom. The third kappa shape index (κ3) is 3.05. The molecule has 3 aromatic heterocycles. The largest absolute Gasteiger partial charge is 0.353 e. The number of fused-ring (bicyclic) bond motifs is 1. The third-order valence-electron chi connectivity index (χ3n) is 5.20. The Morgan fingerprint density at radius 1 is 0.857 bits per heavy atom. The van der Waals surface area contributed by atoms with E-state index in [1.807, 2.05) is 42.5 Å². The molecule has 0 saturated carbocycles. The molecule has 1 saturated heterocycles. The number of rotatable bonds is 3. The van der Waals surface area contributed by atoms with E-state index in [1.54, 1.807) is 6.33 Å². The predicted octanol–water partition coefficient (Wildman–Crippen LogP) is 2.75. The summed E-state index contributed by atoms with van der Waals surface area (Å²) in [5.41, 5.74) is 3.19. The number of aromatic nitrogens is 5. The molecule has 0 atom stereocenters. The normalized spacial score (nSPS) is 14.6. The van der Waals surface area contributed by atoms with Crippen LogP contribution in [0.15, 0.2) is 61.3 Å². The maximum Gasteiger partial charge on any atom is 0.140 e. The number of pyridine rings is 1. The van der Waals surface area contributed by atoms with Crippen LogP contribution in [0.1, 0.15) is 0 Å². The Bertz CT molecular complexity index is 1100. The average molecular weight is 371 g/mol. The highest BCUT2D eigenvalue weighted by Crippen LogP contribution is 2.29. The molecule has 4 aromatic rings. The van der Waals surface area contributed by atoms with Crippen molar-refractivity contribution in [3.63, 3.8) is 0 Å². The van der Waals surface area contributed by atoms with Gasteiger partial charge in [0, 0.05) is 56.6 Å². The third-order valence-corrected chi connectivity index (χ3v) is 5.20. The zero-order valence-electron chi connectivity index (χ0n) is 15.7. The van der Waals surface area contributed by atoms with E-state index < -0.39 is 0 Å². The molecule has 1 aromatic carbocycles. The summed E-state index contributed by atoms with van der Waals surface area (Å²) >= 11 is 0. The van der Waals surface area contributed by atoms with Gasteiger partial charge in [0.1, 0.15) is 18.0 Å². The summed E-state index contributed by atoms with van der Waals surface area (Å²) in [6.07, 6.45) is 7.42. The molecule has 0 N–H and O–H groups in total. The second-order valence-electron chi connectivity index (χ2n) is 6.99. The fraction of sp³-hybridized carbons (Fsp3) is 0.238. The molecule has 28 heavy (non-hydrogen) atoms. The SMILES string of the molecule is Cn1cc(-c2ccc3ncnc(N4CCN(c5ccccn5)CC4)c3c2)cn1. The molecule has 0 aliphatic carbocycles. The number of anilines is 2. The summed E-state index contributed by atoms with van der Waals surface area (Å²) in [5, 5.41) is 5.36. The Hall–Kier alpha value is -3.48. The minimum absolute atomic E-state index is 0.903. The van der Waals surface area contributed by atoms with E-state index in [4.69, 9.17) is 0 Å².